The van der Waals surface area contributed by atoms with Crippen LogP contribution in [0.2, 0.25) is 0 Å². The summed E-state index contributed by atoms with van der Waals surface area (Å²) in [7, 11) is 1.72. The minimum Gasteiger partial charge on any atom is -0.508 e. The Morgan fingerprint density at radius 2 is 1.65 bits per heavy atom. The SMILES string of the molecule is COCCCNC(c1ccccc1)c1ccc(O)cc1. The molecule has 0 aliphatic heterocycles. The minimum atomic E-state index is 0.133. The molecule has 3 heteroatoms. The fraction of sp³-hybridized carbons (Fsp3) is 0.294. The number of rotatable bonds is 7. The van der Waals surface area contributed by atoms with Gasteiger partial charge in [0.25, 0.3) is 0 Å². The van der Waals surface area contributed by atoms with E-state index in [1.807, 2.05) is 30.3 Å². The van der Waals surface area contributed by atoms with Gasteiger partial charge in [0, 0.05) is 13.7 Å². The lowest BCUT2D eigenvalue weighted by Crippen LogP contribution is -2.24. The molecule has 0 spiro atoms. The van der Waals surface area contributed by atoms with Gasteiger partial charge in [-0.25, -0.2) is 0 Å². The molecule has 2 aromatic carbocycles. The van der Waals surface area contributed by atoms with Crippen LogP contribution in [0, 0.1) is 0 Å². The van der Waals surface area contributed by atoms with Crippen molar-refractivity contribution in [3.63, 3.8) is 0 Å². The fourth-order valence-electron chi connectivity index (χ4n) is 2.20. The van der Waals surface area contributed by atoms with E-state index in [9.17, 15) is 5.11 Å². The van der Waals surface area contributed by atoms with E-state index in [-0.39, 0.29) is 6.04 Å². The van der Waals surface area contributed by atoms with Crippen LogP contribution in [0.5, 0.6) is 5.75 Å². The molecule has 20 heavy (non-hydrogen) atoms. The summed E-state index contributed by atoms with van der Waals surface area (Å²) in [5, 5.41) is 13.0. The number of ether oxygens (including phenoxy) is 1. The van der Waals surface area contributed by atoms with Gasteiger partial charge in [0.05, 0.1) is 6.04 Å². The van der Waals surface area contributed by atoms with Crippen molar-refractivity contribution in [1.82, 2.24) is 5.32 Å². The summed E-state index contributed by atoms with van der Waals surface area (Å²) < 4.78 is 5.08. The van der Waals surface area contributed by atoms with Crippen LogP contribution >= 0.6 is 0 Å². The minimum absolute atomic E-state index is 0.133. The molecule has 0 saturated heterocycles. The van der Waals surface area contributed by atoms with Crippen molar-refractivity contribution in [2.45, 2.75) is 12.5 Å². The van der Waals surface area contributed by atoms with E-state index in [1.165, 1.54) is 5.56 Å². The molecule has 106 valence electrons. The number of phenolic OH excluding ortho intramolecular Hbond substituents is 1. The first-order valence-corrected chi connectivity index (χ1v) is 6.87. The van der Waals surface area contributed by atoms with Gasteiger partial charge >= 0.3 is 0 Å². The highest BCUT2D eigenvalue weighted by atomic mass is 16.5. The first-order chi connectivity index (χ1) is 9.81. The van der Waals surface area contributed by atoms with Gasteiger partial charge in [-0.3, -0.25) is 0 Å². The van der Waals surface area contributed by atoms with Crippen molar-refractivity contribution in [2.24, 2.45) is 0 Å². The number of benzene rings is 2. The number of methoxy groups -OCH3 is 1. The lowest BCUT2D eigenvalue weighted by Gasteiger charge is -2.20. The summed E-state index contributed by atoms with van der Waals surface area (Å²) in [5.74, 6) is 0.292. The summed E-state index contributed by atoms with van der Waals surface area (Å²) in [4.78, 5) is 0. The van der Waals surface area contributed by atoms with E-state index in [4.69, 9.17) is 4.74 Å². The van der Waals surface area contributed by atoms with Gasteiger partial charge in [0.15, 0.2) is 0 Å². The molecular weight excluding hydrogens is 250 g/mol. The van der Waals surface area contributed by atoms with Gasteiger partial charge in [-0.2, -0.15) is 0 Å². The van der Waals surface area contributed by atoms with Gasteiger partial charge in [-0.05, 0) is 36.2 Å². The zero-order valence-electron chi connectivity index (χ0n) is 11.8. The summed E-state index contributed by atoms with van der Waals surface area (Å²) in [6, 6.07) is 17.8. The second kappa shape index (κ2) is 7.68. The maximum absolute atomic E-state index is 9.42. The van der Waals surface area contributed by atoms with Gasteiger partial charge in [-0.15, -0.1) is 0 Å². The third-order valence-corrected chi connectivity index (χ3v) is 3.23. The second-order valence-electron chi connectivity index (χ2n) is 4.74. The predicted molar refractivity (Wildman–Crippen MR) is 80.9 cm³/mol. The molecule has 1 atom stereocenters. The summed E-state index contributed by atoms with van der Waals surface area (Å²) in [6.07, 6.45) is 0.970. The maximum atomic E-state index is 9.42. The molecule has 2 rings (SSSR count). The van der Waals surface area contributed by atoms with Crippen LogP contribution in [0.15, 0.2) is 54.6 Å². The van der Waals surface area contributed by atoms with Gasteiger partial charge in [-0.1, -0.05) is 42.5 Å². The Hall–Kier alpha value is -1.84. The summed E-state index contributed by atoms with van der Waals surface area (Å²) in [6.45, 7) is 1.64. The lowest BCUT2D eigenvalue weighted by molar-refractivity contribution is 0.193. The summed E-state index contributed by atoms with van der Waals surface area (Å²) >= 11 is 0. The second-order valence-corrected chi connectivity index (χ2v) is 4.74. The molecule has 0 aliphatic carbocycles. The van der Waals surface area contributed by atoms with Gasteiger partial charge in [0.2, 0.25) is 0 Å². The van der Waals surface area contributed by atoms with Crippen molar-refractivity contribution in [3.05, 3.63) is 65.7 Å². The van der Waals surface area contributed by atoms with Gasteiger partial charge < -0.3 is 15.2 Å². The molecule has 0 aliphatic rings. The third-order valence-electron chi connectivity index (χ3n) is 3.23. The van der Waals surface area contributed by atoms with E-state index in [2.05, 4.69) is 17.4 Å². The Bertz CT molecular complexity index is 496. The Balaban J connectivity index is 2.13. The first-order valence-electron chi connectivity index (χ1n) is 6.87. The van der Waals surface area contributed by atoms with Crippen LogP contribution in [0.4, 0.5) is 0 Å². The van der Waals surface area contributed by atoms with Crippen LogP contribution in [0.1, 0.15) is 23.6 Å². The molecule has 2 N–H and O–H groups in total. The van der Waals surface area contributed by atoms with Crippen molar-refractivity contribution in [1.29, 1.82) is 0 Å². The Labute approximate surface area is 120 Å². The zero-order chi connectivity index (χ0) is 14.2. The molecule has 1 unspecified atom stereocenters. The first kappa shape index (κ1) is 14.6. The van der Waals surface area contributed by atoms with E-state index in [0.29, 0.717) is 5.75 Å². The van der Waals surface area contributed by atoms with E-state index < -0.39 is 0 Å². The standard InChI is InChI=1S/C17H21NO2/c1-20-13-5-12-18-17(14-6-3-2-4-7-14)15-8-10-16(19)11-9-15/h2-4,6-11,17-19H,5,12-13H2,1H3. The largest absolute Gasteiger partial charge is 0.508 e. The molecule has 0 saturated carbocycles. The van der Waals surface area contributed by atoms with Crippen LogP contribution in [-0.4, -0.2) is 25.4 Å². The number of hydrogen-bond acceptors (Lipinski definition) is 3. The number of phenols is 1. The average molecular weight is 271 g/mol. The van der Waals surface area contributed by atoms with Crippen LogP contribution in [-0.2, 0) is 4.74 Å². The number of nitrogens with one attached hydrogen (secondary N) is 1. The lowest BCUT2D eigenvalue weighted by atomic mass is 9.98. The molecule has 2 aromatic rings. The van der Waals surface area contributed by atoms with E-state index in [0.717, 1.165) is 25.1 Å². The average Bonchev–Trinajstić information content (AvgIpc) is 2.50. The van der Waals surface area contributed by atoms with E-state index in [1.54, 1.807) is 19.2 Å². The molecule has 0 radical (unpaired) electrons. The third kappa shape index (κ3) is 4.08. The van der Waals surface area contributed by atoms with E-state index >= 15 is 0 Å². The topological polar surface area (TPSA) is 41.5 Å². The van der Waals surface area contributed by atoms with Gasteiger partial charge in [0.1, 0.15) is 5.75 Å². The molecule has 0 fully saturated rings. The molecule has 0 heterocycles. The highest BCUT2D eigenvalue weighted by Crippen LogP contribution is 2.23. The quantitative estimate of drug-likeness (QED) is 0.760. The molecule has 0 amide bonds. The Kier molecular flexibility index (Phi) is 5.59. The number of hydrogen-bond donors (Lipinski definition) is 2. The van der Waals surface area contributed by atoms with Crippen molar-refractivity contribution < 1.29 is 9.84 Å². The van der Waals surface area contributed by atoms with Crippen LogP contribution in [0.3, 0.4) is 0 Å². The normalized spacial score (nSPS) is 12.2. The predicted octanol–water partition coefficient (Wildman–Crippen LogP) is 3.11. The molecule has 0 bridgehead atoms. The number of aromatic hydroxyl groups is 1. The Morgan fingerprint density at radius 3 is 2.30 bits per heavy atom. The highest BCUT2D eigenvalue weighted by Gasteiger charge is 2.12. The zero-order valence-corrected chi connectivity index (χ0v) is 11.8. The molecule has 0 aromatic heterocycles. The van der Waals surface area contributed by atoms with Crippen LogP contribution in [0.25, 0.3) is 0 Å². The highest BCUT2D eigenvalue weighted by molar-refractivity contribution is 5.34. The monoisotopic (exact) mass is 271 g/mol. The van der Waals surface area contributed by atoms with Crippen molar-refractivity contribution in [3.8, 4) is 5.75 Å². The van der Waals surface area contributed by atoms with Crippen molar-refractivity contribution >= 4 is 0 Å². The van der Waals surface area contributed by atoms with Crippen molar-refractivity contribution in [2.75, 3.05) is 20.3 Å². The fourth-order valence-corrected chi connectivity index (χ4v) is 2.20. The Morgan fingerprint density at radius 1 is 1.00 bits per heavy atom. The maximum Gasteiger partial charge on any atom is 0.115 e. The summed E-state index contributed by atoms with van der Waals surface area (Å²) in [5.41, 5.74) is 2.36. The molecule has 3 nitrogen and oxygen atoms in total. The van der Waals surface area contributed by atoms with Crippen LogP contribution < -0.4 is 5.32 Å². The molecular formula is C17H21NO2. The smallest absolute Gasteiger partial charge is 0.115 e.